The predicted molar refractivity (Wildman–Crippen MR) is 63.7 cm³/mol. The van der Waals surface area contributed by atoms with Gasteiger partial charge in [0.1, 0.15) is 0 Å². The molecule has 0 radical (unpaired) electrons. The Bertz CT molecular complexity index is 140. The van der Waals surface area contributed by atoms with Gasteiger partial charge >= 0.3 is 25.0 Å². The fourth-order valence-electron chi connectivity index (χ4n) is 1.40. The van der Waals surface area contributed by atoms with E-state index < -0.39 is 6.16 Å². The van der Waals surface area contributed by atoms with Crippen LogP contribution in [0, 0.1) is 0 Å². The zero-order valence-electron chi connectivity index (χ0n) is 9.13. The Morgan fingerprint density at radius 3 is 1.93 bits per heavy atom. The summed E-state index contributed by atoms with van der Waals surface area (Å²) in [6, 6.07) is 0. The van der Waals surface area contributed by atoms with E-state index in [-0.39, 0.29) is 18.9 Å². The van der Waals surface area contributed by atoms with Crippen molar-refractivity contribution in [3.05, 3.63) is 0 Å². The first-order valence-electron chi connectivity index (χ1n) is 5.63. The van der Waals surface area contributed by atoms with Crippen LogP contribution < -0.4 is 0 Å². The SMILES string of the molecule is CCCCCCCCCCOC(=O)O.[LiH]. The van der Waals surface area contributed by atoms with Crippen molar-refractivity contribution in [1.29, 1.82) is 0 Å². The summed E-state index contributed by atoms with van der Waals surface area (Å²) < 4.78 is 4.40. The van der Waals surface area contributed by atoms with E-state index in [2.05, 4.69) is 11.7 Å². The first-order chi connectivity index (χ1) is 6.77. The molecule has 0 aromatic rings. The molecule has 0 spiro atoms. The summed E-state index contributed by atoms with van der Waals surface area (Å²) in [7, 11) is 0. The van der Waals surface area contributed by atoms with Gasteiger partial charge in [-0.3, -0.25) is 0 Å². The van der Waals surface area contributed by atoms with E-state index in [1.165, 1.54) is 38.5 Å². The molecule has 0 aromatic carbocycles. The van der Waals surface area contributed by atoms with Gasteiger partial charge in [-0.2, -0.15) is 0 Å². The number of hydrogen-bond acceptors (Lipinski definition) is 2. The number of hydrogen-bond donors (Lipinski definition) is 1. The van der Waals surface area contributed by atoms with Gasteiger partial charge in [-0.1, -0.05) is 51.9 Å². The molecule has 0 saturated carbocycles. The van der Waals surface area contributed by atoms with Crippen molar-refractivity contribution in [3.8, 4) is 0 Å². The third-order valence-electron chi connectivity index (χ3n) is 2.22. The van der Waals surface area contributed by atoms with Crippen molar-refractivity contribution in [2.45, 2.75) is 58.3 Å². The maximum atomic E-state index is 9.98. The fraction of sp³-hybridized carbons (Fsp3) is 0.909. The van der Waals surface area contributed by atoms with Crippen LogP contribution in [0.2, 0.25) is 0 Å². The Labute approximate surface area is 105 Å². The van der Waals surface area contributed by atoms with E-state index in [0.717, 1.165) is 12.8 Å². The molecular weight excluding hydrogens is 187 g/mol. The normalized spacial score (nSPS) is 9.40. The molecule has 15 heavy (non-hydrogen) atoms. The van der Waals surface area contributed by atoms with Gasteiger partial charge in [-0.25, -0.2) is 4.79 Å². The maximum absolute atomic E-state index is 9.98. The summed E-state index contributed by atoms with van der Waals surface area (Å²) in [6.45, 7) is 2.56. The standard InChI is InChI=1S/C11H22O3.Li.H/c1-2-3-4-5-6-7-8-9-10-14-11(12)13;;/h2-10H2,1H3,(H,12,13);;. The molecule has 0 aromatic heterocycles. The van der Waals surface area contributed by atoms with Crippen molar-refractivity contribution < 1.29 is 14.6 Å². The van der Waals surface area contributed by atoms with Crippen LogP contribution >= 0.6 is 0 Å². The molecule has 0 atom stereocenters. The quantitative estimate of drug-likeness (QED) is 0.361. The second-order valence-electron chi connectivity index (χ2n) is 3.59. The van der Waals surface area contributed by atoms with Gasteiger partial charge in [0.25, 0.3) is 0 Å². The molecule has 0 heterocycles. The van der Waals surface area contributed by atoms with Gasteiger partial charge in [0.2, 0.25) is 0 Å². The summed E-state index contributed by atoms with van der Waals surface area (Å²) in [6.07, 6.45) is 8.52. The molecule has 0 aliphatic carbocycles. The van der Waals surface area contributed by atoms with Crippen LogP contribution in [0.1, 0.15) is 58.3 Å². The first-order valence-corrected chi connectivity index (χ1v) is 5.63. The Kier molecular flexibility index (Phi) is 16.0. The minimum absolute atomic E-state index is 0. The summed E-state index contributed by atoms with van der Waals surface area (Å²) >= 11 is 0. The van der Waals surface area contributed by atoms with E-state index >= 15 is 0 Å². The molecule has 0 aliphatic heterocycles. The minimum atomic E-state index is -1.16. The number of carbonyl (C=O) groups is 1. The van der Waals surface area contributed by atoms with Gasteiger partial charge in [-0.15, -0.1) is 0 Å². The molecule has 0 aliphatic rings. The summed E-state index contributed by atoms with van der Waals surface area (Å²) in [5.74, 6) is 0. The van der Waals surface area contributed by atoms with E-state index in [4.69, 9.17) is 5.11 Å². The third-order valence-corrected chi connectivity index (χ3v) is 2.22. The van der Waals surface area contributed by atoms with Crippen molar-refractivity contribution in [2.24, 2.45) is 0 Å². The van der Waals surface area contributed by atoms with Crippen LogP contribution in [0.25, 0.3) is 0 Å². The van der Waals surface area contributed by atoms with Crippen LogP contribution in [0.3, 0.4) is 0 Å². The summed E-state index contributed by atoms with van der Waals surface area (Å²) in [5, 5.41) is 8.19. The molecule has 1 N–H and O–H groups in total. The number of rotatable bonds is 9. The van der Waals surface area contributed by atoms with Gasteiger partial charge in [0, 0.05) is 0 Å². The molecule has 0 rings (SSSR count). The fourth-order valence-corrected chi connectivity index (χ4v) is 1.40. The van der Waals surface area contributed by atoms with Crippen molar-refractivity contribution in [2.75, 3.05) is 6.61 Å². The van der Waals surface area contributed by atoms with E-state index in [1.54, 1.807) is 0 Å². The monoisotopic (exact) mass is 210 g/mol. The average Bonchev–Trinajstić information content (AvgIpc) is 2.15. The molecule has 4 heteroatoms. The molecule has 3 nitrogen and oxygen atoms in total. The van der Waals surface area contributed by atoms with Crippen molar-refractivity contribution >= 4 is 25.0 Å². The molecule has 0 unspecified atom stereocenters. The summed E-state index contributed by atoms with van der Waals surface area (Å²) in [5.41, 5.74) is 0. The number of unbranched alkanes of at least 4 members (excludes halogenated alkanes) is 7. The Balaban J connectivity index is 0. The predicted octanol–water partition coefficient (Wildman–Crippen LogP) is 3.17. The van der Waals surface area contributed by atoms with Gasteiger partial charge in [0.05, 0.1) is 6.61 Å². The van der Waals surface area contributed by atoms with Crippen LogP contribution in [0.4, 0.5) is 4.79 Å². The van der Waals surface area contributed by atoms with Crippen molar-refractivity contribution in [3.63, 3.8) is 0 Å². The Morgan fingerprint density at radius 2 is 1.47 bits per heavy atom. The molecular formula is C11H23LiO3. The number of carboxylic acid groups (broad SMARTS) is 1. The van der Waals surface area contributed by atoms with Gasteiger partial charge < -0.3 is 9.84 Å². The van der Waals surface area contributed by atoms with Gasteiger partial charge in [0.15, 0.2) is 0 Å². The van der Waals surface area contributed by atoms with Crippen LogP contribution in [0.5, 0.6) is 0 Å². The molecule has 86 valence electrons. The zero-order valence-corrected chi connectivity index (χ0v) is 9.13. The Morgan fingerprint density at radius 1 is 1.00 bits per heavy atom. The second-order valence-corrected chi connectivity index (χ2v) is 3.59. The van der Waals surface area contributed by atoms with Crippen LogP contribution in [-0.4, -0.2) is 36.7 Å². The number of ether oxygens (including phenoxy) is 1. The van der Waals surface area contributed by atoms with Gasteiger partial charge in [-0.05, 0) is 6.42 Å². The molecule has 0 saturated heterocycles. The van der Waals surface area contributed by atoms with E-state index in [0.29, 0.717) is 6.61 Å². The average molecular weight is 210 g/mol. The topological polar surface area (TPSA) is 46.5 Å². The zero-order chi connectivity index (χ0) is 10.6. The Hall–Kier alpha value is -0.133. The third kappa shape index (κ3) is 16.5. The molecule has 0 amide bonds. The van der Waals surface area contributed by atoms with Crippen LogP contribution in [-0.2, 0) is 4.74 Å². The molecule has 0 fully saturated rings. The first kappa shape index (κ1) is 17.3. The van der Waals surface area contributed by atoms with E-state index in [1.807, 2.05) is 0 Å². The summed E-state index contributed by atoms with van der Waals surface area (Å²) in [4.78, 5) is 9.98. The van der Waals surface area contributed by atoms with E-state index in [9.17, 15) is 4.79 Å². The van der Waals surface area contributed by atoms with Crippen LogP contribution in [0.15, 0.2) is 0 Å². The second kappa shape index (κ2) is 13.9. The molecule has 0 bridgehead atoms. The van der Waals surface area contributed by atoms with Crippen molar-refractivity contribution in [1.82, 2.24) is 0 Å².